The van der Waals surface area contributed by atoms with E-state index in [1.807, 2.05) is 4.57 Å². The summed E-state index contributed by atoms with van der Waals surface area (Å²) in [5.41, 5.74) is 0. The molecule has 0 spiro atoms. The molecule has 0 fully saturated rings. The third-order valence-electron chi connectivity index (χ3n) is 3.48. The summed E-state index contributed by atoms with van der Waals surface area (Å²) in [6.07, 6.45) is 1.93. The van der Waals surface area contributed by atoms with Crippen molar-refractivity contribution in [3.63, 3.8) is 0 Å². The topological polar surface area (TPSA) is 76.9 Å². The van der Waals surface area contributed by atoms with E-state index in [4.69, 9.17) is 0 Å². The summed E-state index contributed by atoms with van der Waals surface area (Å²) in [5, 5.41) is 8.22. The van der Waals surface area contributed by atoms with Gasteiger partial charge in [0.25, 0.3) is 0 Å². The second-order valence-electron chi connectivity index (χ2n) is 5.00. The second-order valence-corrected chi connectivity index (χ2v) is 7.54. The number of aryl methyl sites for hydroxylation is 1. The number of benzene rings is 1. The van der Waals surface area contributed by atoms with Gasteiger partial charge in [0.1, 0.15) is 5.82 Å². The van der Waals surface area contributed by atoms with Crippen molar-refractivity contribution in [2.24, 2.45) is 0 Å². The van der Waals surface area contributed by atoms with Gasteiger partial charge in [0.2, 0.25) is 10.0 Å². The van der Waals surface area contributed by atoms with E-state index in [0.717, 1.165) is 25.2 Å². The molecule has 1 aromatic carbocycles. The van der Waals surface area contributed by atoms with Gasteiger partial charge in [-0.15, -0.1) is 10.2 Å². The zero-order chi connectivity index (χ0) is 15.0. The van der Waals surface area contributed by atoms with Gasteiger partial charge in [-0.2, -0.15) is 0 Å². The molecule has 0 bridgehead atoms. The SMILES string of the molecule is CC(NS(=O)(=O)c1ccccc1Br)c1nnc2n1CCC2. The summed E-state index contributed by atoms with van der Waals surface area (Å²) in [5.74, 6) is 1.59. The molecule has 1 aliphatic heterocycles. The molecule has 2 heterocycles. The monoisotopic (exact) mass is 370 g/mol. The molecule has 0 radical (unpaired) electrons. The highest BCUT2D eigenvalue weighted by molar-refractivity contribution is 9.10. The average molecular weight is 371 g/mol. The minimum atomic E-state index is -3.61. The van der Waals surface area contributed by atoms with Crippen LogP contribution in [0.4, 0.5) is 0 Å². The summed E-state index contributed by atoms with van der Waals surface area (Å²) in [6.45, 7) is 2.63. The van der Waals surface area contributed by atoms with E-state index in [9.17, 15) is 8.42 Å². The zero-order valence-electron chi connectivity index (χ0n) is 11.5. The molecule has 1 atom stereocenters. The van der Waals surface area contributed by atoms with Gasteiger partial charge < -0.3 is 4.57 Å². The molecule has 0 saturated carbocycles. The Bertz CT molecular complexity index is 772. The molecule has 8 heteroatoms. The second kappa shape index (κ2) is 5.51. The normalized spacial score (nSPS) is 15.9. The molecular formula is C13H15BrN4O2S. The zero-order valence-corrected chi connectivity index (χ0v) is 13.9. The van der Waals surface area contributed by atoms with Crippen LogP contribution in [-0.2, 0) is 23.0 Å². The molecule has 6 nitrogen and oxygen atoms in total. The number of halogens is 1. The first-order chi connectivity index (χ1) is 9.99. The Morgan fingerprint density at radius 2 is 2.10 bits per heavy atom. The summed E-state index contributed by atoms with van der Waals surface area (Å²) >= 11 is 3.27. The number of aromatic nitrogens is 3. The van der Waals surface area contributed by atoms with Gasteiger partial charge >= 0.3 is 0 Å². The van der Waals surface area contributed by atoms with E-state index in [2.05, 4.69) is 30.8 Å². The van der Waals surface area contributed by atoms with E-state index in [1.165, 1.54) is 0 Å². The van der Waals surface area contributed by atoms with Crippen molar-refractivity contribution in [2.45, 2.75) is 37.2 Å². The van der Waals surface area contributed by atoms with Gasteiger partial charge in [-0.3, -0.25) is 0 Å². The van der Waals surface area contributed by atoms with Gasteiger partial charge in [-0.25, -0.2) is 13.1 Å². The van der Waals surface area contributed by atoms with E-state index in [0.29, 0.717) is 10.3 Å². The first kappa shape index (κ1) is 14.7. The first-order valence-electron chi connectivity index (χ1n) is 6.68. The molecule has 21 heavy (non-hydrogen) atoms. The number of sulfonamides is 1. The van der Waals surface area contributed by atoms with E-state index < -0.39 is 16.1 Å². The van der Waals surface area contributed by atoms with Crippen LogP contribution in [0.5, 0.6) is 0 Å². The van der Waals surface area contributed by atoms with Crippen molar-refractivity contribution in [1.29, 1.82) is 0 Å². The summed E-state index contributed by atoms with van der Waals surface area (Å²) < 4.78 is 30.1. The Kier molecular flexibility index (Phi) is 3.85. The maximum Gasteiger partial charge on any atom is 0.242 e. The lowest BCUT2D eigenvalue weighted by Crippen LogP contribution is -2.29. The van der Waals surface area contributed by atoms with Crippen molar-refractivity contribution in [1.82, 2.24) is 19.5 Å². The molecule has 1 unspecified atom stereocenters. The first-order valence-corrected chi connectivity index (χ1v) is 8.95. The fraction of sp³-hybridized carbons (Fsp3) is 0.385. The lowest BCUT2D eigenvalue weighted by atomic mass is 10.3. The molecule has 1 aromatic heterocycles. The Balaban J connectivity index is 1.87. The Morgan fingerprint density at radius 1 is 1.33 bits per heavy atom. The fourth-order valence-electron chi connectivity index (χ4n) is 2.50. The number of hydrogen-bond donors (Lipinski definition) is 1. The molecule has 112 valence electrons. The highest BCUT2D eigenvalue weighted by Crippen LogP contribution is 2.24. The number of nitrogens with zero attached hydrogens (tertiary/aromatic N) is 3. The Morgan fingerprint density at radius 3 is 2.86 bits per heavy atom. The summed E-state index contributed by atoms with van der Waals surface area (Å²) in [6, 6.07) is 6.30. The van der Waals surface area contributed by atoms with E-state index in [-0.39, 0.29) is 4.90 Å². The average Bonchev–Trinajstić information content (AvgIpc) is 3.00. The molecule has 0 amide bonds. The molecular weight excluding hydrogens is 356 g/mol. The minimum absolute atomic E-state index is 0.220. The predicted octanol–water partition coefficient (Wildman–Crippen LogP) is 2.03. The maximum atomic E-state index is 12.5. The van der Waals surface area contributed by atoms with Crippen LogP contribution in [0, 0.1) is 0 Å². The van der Waals surface area contributed by atoms with Gasteiger partial charge in [0.15, 0.2) is 5.82 Å². The lowest BCUT2D eigenvalue weighted by Gasteiger charge is -2.15. The lowest BCUT2D eigenvalue weighted by molar-refractivity contribution is 0.546. The molecule has 3 rings (SSSR count). The van der Waals surface area contributed by atoms with Crippen molar-refractivity contribution in [3.05, 3.63) is 40.4 Å². The van der Waals surface area contributed by atoms with E-state index >= 15 is 0 Å². The van der Waals surface area contributed by atoms with E-state index in [1.54, 1.807) is 31.2 Å². The highest BCUT2D eigenvalue weighted by Gasteiger charge is 2.26. The Labute approximate surface area is 131 Å². The largest absolute Gasteiger partial charge is 0.314 e. The third-order valence-corrected chi connectivity index (χ3v) is 6.04. The molecule has 1 aliphatic rings. The fourth-order valence-corrected chi connectivity index (χ4v) is 4.71. The van der Waals surface area contributed by atoms with Gasteiger partial charge in [0, 0.05) is 17.4 Å². The molecule has 2 aromatic rings. The summed E-state index contributed by atoms with van der Waals surface area (Å²) in [4.78, 5) is 0.220. The molecule has 0 saturated heterocycles. The smallest absolute Gasteiger partial charge is 0.242 e. The molecule has 0 aliphatic carbocycles. The number of hydrogen-bond acceptors (Lipinski definition) is 4. The van der Waals surface area contributed by atoms with Crippen LogP contribution in [0.15, 0.2) is 33.6 Å². The van der Waals surface area contributed by atoms with Gasteiger partial charge in [0.05, 0.1) is 10.9 Å². The number of rotatable bonds is 4. The number of nitrogens with one attached hydrogen (secondary N) is 1. The van der Waals surface area contributed by atoms with Crippen LogP contribution in [0.3, 0.4) is 0 Å². The van der Waals surface area contributed by atoms with Crippen LogP contribution in [0.2, 0.25) is 0 Å². The maximum absolute atomic E-state index is 12.5. The van der Waals surface area contributed by atoms with Crippen molar-refractivity contribution < 1.29 is 8.42 Å². The molecule has 1 N–H and O–H groups in total. The van der Waals surface area contributed by atoms with Crippen LogP contribution in [0.25, 0.3) is 0 Å². The quantitative estimate of drug-likeness (QED) is 0.892. The van der Waals surface area contributed by atoms with Crippen molar-refractivity contribution in [2.75, 3.05) is 0 Å². The van der Waals surface area contributed by atoms with Gasteiger partial charge in [-0.05, 0) is 41.4 Å². The Hall–Kier alpha value is -1.25. The summed E-state index contributed by atoms with van der Waals surface area (Å²) in [7, 11) is -3.61. The number of fused-ring (bicyclic) bond motifs is 1. The predicted molar refractivity (Wildman–Crippen MR) is 81.2 cm³/mol. The van der Waals surface area contributed by atoms with Crippen LogP contribution in [-0.4, -0.2) is 23.2 Å². The standard InChI is InChI=1S/C13H15BrN4O2S/c1-9(13-16-15-12-7-4-8-18(12)13)17-21(19,20)11-6-3-2-5-10(11)14/h2-3,5-6,9,17H,4,7-8H2,1H3. The van der Waals surface area contributed by atoms with Crippen LogP contribution in [0.1, 0.15) is 31.0 Å². The van der Waals surface area contributed by atoms with Crippen LogP contribution < -0.4 is 4.72 Å². The minimum Gasteiger partial charge on any atom is -0.314 e. The third kappa shape index (κ3) is 2.75. The highest BCUT2D eigenvalue weighted by atomic mass is 79.9. The van der Waals surface area contributed by atoms with Crippen LogP contribution >= 0.6 is 15.9 Å². The van der Waals surface area contributed by atoms with Crippen molar-refractivity contribution in [3.8, 4) is 0 Å². The van der Waals surface area contributed by atoms with Gasteiger partial charge in [-0.1, -0.05) is 12.1 Å². The van der Waals surface area contributed by atoms with Crippen molar-refractivity contribution >= 4 is 26.0 Å².